The summed E-state index contributed by atoms with van der Waals surface area (Å²) in [7, 11) is 0. The first-order valence-electron chi connectivity index (χ1n) is 12.7. The van der Waals surface area contributed by atoms with E-state index in [1.807, 2.05) is 4.90 Å². The third kappa shape index (κ3) is 6.12. The van der Waals surface area contributed by atoms with Crippen molar-refractivity contribution in [1.82, 2.24) is 14.9 Å². The van der Waals surface area contributed by atoms with Gasteiger partial charge in [-0.15, -0.1) is 0 Å². The van der Waals surface area contributed by atoms with E-state index in [0.717, 1.165) is 0 Å². The Kier molecular flexibility index (Phi) is 7.84. The molecule has 212 valence electrons. The molecule has 2 aromatic carbocycles. The number of carbonyl (C=O) groups excluding carboxylic acids is 2. The lowest BCUT2D eigenvalue weighted by molar-refractivity contribution is -0.142. The number of pyridine rings is 1. The van der Waals surface area contributed by atoms with Crippen LogP contribution in [0.2, 0.25) is 0 Å². The number of hydrogen-bond donors (Lipinski definition) is 1. The fraction of sp³-hybridized carbons (Fsp3) is 0.241. The Labute approximate surface area is 231 Å². The Balaban J connectivity index is 1.22. The van der Waals surface area contributed by atoms with Crippen LogP contribution in [0.4, 0.5) is 23.4 Å². The number of ketones is 1. The first-order chi connectivity index (χ1) is 19.6. The first kappa shape index (κ1) is 28.0. The summed E-state index contributed by atoms with van der Waals surface area (Å²) in [4.78, 5) is 36.7. The highest BCUT2D eigenvalue weighted by Crippen LogP contribution is 2.35. The number of aromatic nitrogens is 2. The summed E-state index contributed by atoms with van der Waals surface area (Å²) in [5.41, 5.74) is -0.771. The molecule has 4 aromatic rings. The minimum Gasteiger partial charge on any atom is -0.432 e. The zero-order valence-corrected chi connectivity index (χ0v) is 21.5. The fourth-order valence-corrected chi connectivity index (χ4v) is 4.54. The van der Waals surface area contributed by atoms with Gasteiger partial charge in [0, 0.05) is 49.9 Å². The lowest BCUT2D eigenvalue weighted by atomic mass is 10.1. The topological polar surface area (TPSA) is 99.8 Å². The molecule has 5 rings (SSSR count). The van der Waals surface area contributed by atoms with Crippen LogP contribution in [0.25, 0.3) is 11.5 Å². The zero-order valence-electron chi connectivity index (χ0n) is 21.5. The van der Waals surface area contributed by atoms with Crippen LogP contribution in [0.3, 0.4) is 0 Å². The van der Waals surface area contributed by atoms with E-state index in [2.05, 4.69) is 9.97 Å². The van der Waals surface area contributed by atoms with Gasteiger partial charge in [0.15, 0.2) is 11.8 Å². The number of rotatable bonds is 7. The lowest BCUT2D eigenvalue weighted by Crippen LogP contribution is -2.50. The molecule has 1 aliphatic heterocycles. The van der Waals surface area contributed by atoms with Gasteiger partial charge >= 0.3 is 6.18 Å². The summed E-state index contributed by atoms with van der Waals surface area (Å²) in [5.74, 6) is -2.76. The molecule has 0 saturated carbocycles. The number of anilines is 1. The molecule has 1 fully saturated rings. The van der Waals surface area contributed by atoms with E-state index < -0.39 is 41.2 Å². The number of piperazine rings is 1. The molecule has 1 unspecified atom stereocenters. The van der Waals surface area contributed by atoms with Crippen LogP contribution < -0.4 is 4.90 Å². The van der Waals surface area contributed by atoms with Crippen LogP contribution in [0.15, 0.2) is 77.3 Å². The van der Waals surface area contributed by atoms with Crippen molar-refractivity contribution >= 4 is 17.5 Å². The summed E-state index contributed by atoms with van der Waals surface area (Å²) in [6.07, 6.45) is -5.47. The van der Waals surface area contributed by atoms with Gasteiger partial charge in [-0.1, -0.05) is 42.5 Å². The molecule has 1 saturated heterocycles. The Morgan fingerprint density at radius 2 is 1.63 bits per heavy atom. The van der Waals surface area contributed by atoms with Gasteiger partial charge in [-0.2, -0.15) is 13.2 Å². The van der Waals surface area contributed by atoms with Crippen LogP contribution >= 0.6 is 0 Å². The van der Waals surface area contributed by atoms with Crippen molar-refractivity contribution in [1.29, 1.82) is 0 Å². The molecule has 0 radical (unpaired) electrons. The van der Waals surface area contributed by atoms with Crippen molar-refractivity contribution in [3.63, 3.8) is 0 Å². The summed E-state index contributed by atoms with van der Waals surface area (Å²) in [5, 5.41) is 10.4. The van der Waals surface area contributed by atoms with Crippen molar-refractivity contribution in [3.8, 4) is 11.5 Å². The van der Waals surface area contributed by atoms with Gasteiger partial charge < -0.3 is 19.3 Å². The van der Waals surface area contributed by atoms with Gasteiger partial charge in [0.1, 0.15) is 11.6 Å². The molecule has 1 amide bonds. The van der Waals surface area contributed by atoms with Gasteiger partial charge in [-0.05, 0) is 29.8 Å². The Morgan fingerprint density at radius 1 is 0.951 bits per heavy atom. The zero-order chi connectivity index (χ0) is 29.1. The molecular weight excluding hydrogens is 544 g/mol. The first-order valence-corrected chi connectivity index (χ1v) is 12.7. The molecule has 0 aliphatic carbocycles. The maximum absolute atomic E-state index is 14.0. The highest BCUT2D eigenvalue weighted by atomic mass is 19.4. The van der Waals surface area contributed by atoms with Crippen molar-refractivity contribution in [2.24, 2.45) is 0 Å². The summed E-state index contributed by atoms with van der Waals surface area (Å²) in [6.45, 7) is 1.30. The number of aliphatic hydroxyl groups excluding tert-OH is 1. The SMILES string of the molecule is O=C(Cc1ccc(N2CCN(C(=O)C(O)c3ccccc3F)CC2)nc1)c1oc(-c2ccccc2)nc1C(F)(F)F. The number of halogens is 4. The standard InChI is InChI=1S/C29H24F4N4O4/c30-21-9-5-4-8-20(21)24(39)28(40)37-14-12-36(13-15-37)23-11-10-18(17-34-23)16-22(38)25-26(29(31,32)33)35-27(41-25)19-6-2-1-3-7-19/h1-11,17,24,39H,12-16H2. The number of aliphatic hydroxyl groups is 1. The molecule has 3 heterocycles. The van der Waals surface area contributed by atoms with Crippen molar-refractivity contribution in [2.45, 2.75) is 18.7 Å². The largest absolute Gasteiger partial charge is 0.437 e. The third-order valence-electron chi connectivity index (χ3n) is 6.69. The second-order valence-electron chi connectivity index (χ2n) is 9.42. The number of amides is 1. The molecule has 8 nitrogen and oxygen atoms in total. The molecule has 1 aliphatic rings. The molecular formula is C29H24F4N4O4. The second-order valence-corrected chi connectivity index (χ2v) is 9.42. The number of alkyl halides is 3. The van der Waals surface area contributed by atoms with Crippen LogP contribution in [-0.2, 0) is 17.4 Å². The van der Waals surface area contributed by atoms with Crippen LogP contribution in [-0.4, -0.2) is 57.8 Å². The fourth-order valence-electron chi connectivity index (χ4n) is 4.54. The lowest BCUT2D eigenvalue weighted by Gasteiger charge is -2.36. The second kappa shape index (κ2) is 11.5. The summed E-state index contributed by atoms with van der Waals surface area (Å²) >= 11 is 0. The van der Waals surface area contributed by atoms with Gasteiger partial charge in [0.05, 0.1) is 0 Å². The molecule has 1 N–H and O–H groups in total. The summed E-state index contributed by atoms with van der Waals surface area (Å²) in [6, 6.07) is 16.8. The van der Waals surface area contributed by atoms with E-state index in [9.17, 15) is 32.3 Å². The van der Waals surface area contributed by atoms with Gasteiger partial charge in [-0.3, -0.25) is 9.59 Å². The number of benzene rings is 2. The average molecular weight is 569 g/mol. The Hall–Kier alpha value is -4.58. The quantitative estimate of drug-likeness (QED) is 0.255. The minimum absolute atomic E-state index is 0.0873. The number of Topliss-reactive ketones (excluding diaryl/α,β-unsaturated/α-hetero) is 1. The van der Waals surface area contributed by atoms with Crippen molar-refractivity contribution in [3.05, 3.63) is 101 Å². The van der Waals surface area contributed by atoms with E-state index in [0.29, 0.717) is 30.0 Å². The van der Waals surface area contributed by atoms with Gasteiger partial charge in [0.2, 0.25) is 17.4 Å². The maximum atomic E-state index is 14.0. The monoisotopic (exact) mass is 568 g/mol. The normalized spacial score (nSPS) is 14.7. The predicted molar refractivity (Wildman–Crippen MR) is 139 cm³/mol. The molecule has 2 aromatic heterocycles. The van der Waals surface area contributed by atoms with Crippen LogP contribution in [0.5, 0.6) is 0 Å². The molecule has 41 heavy (non-hydrogen) atoms. The maximum Gasteiger partial charge on any atom is 0.437 e. The molecule has 12 heteroatoms. The number of carbonyl (C=O) groups is 2. The predicted octanol–water partition coefficient (Wildman–Crippen LogP) is 4.70. The smallest absolute Gasteiger partial charge is 0.432 e. The average Bonchev–Trinajstić information content (AvgIpc) is 3.45. The highest BCUT2D eigenvalue weighted by Gasteiger charge is 2.41. The van der Waals surface area contributed by atoms with Gasteiger partial charge in [0.25, 0.3) is 5.91 Å². The van der Waals surface area contributed by atoms with Crippen molar-refractivity contribution in [2.75, 3.05) is 31.1 Å². The van der Waals surface area contributed by atoms with Crippen LogP contribution in [0.1, 0.15) is 33.5 Å². The number of hydrogen-bond acceptors (Lipinski definition) is 7. The van der Waals surface area contributed by atoms with E-state index >= 15 is 0 Å². The van der Waals surface area contributed by atoms with Crippen LogP contribution in [0, 0.1) is 5.82 Å². The third-order valence-corrected chi connectivity index (χ3v) is 6.69. The minimum atomic E-state index is -4.88. The van der Waals surface area contributed by atoms with E-state index in [1.165, 1.54) is 41.4 Å². The van der Waals surface area contributed by atoms with E-state index in [1.54, 1.807) is 36.4 Å². The molecule has 0 spiro atoms. The van der Waals surface area contributed by atoms with Crippen molar-refractivity contribution < 1.29 is 36.7 Å². The van der Waals surface area contributed by atoms with E-state index in [-0.39, 0.29) is 31.0 Å². The Morgan fingerprint density at radius 3 is 2.27 bits per heavy atom. The molecule has 0 bridgehead atoms. The molecule has 1 atom stereocenters. The number of nitrogens with zero attached hydrogens (tertiary/aromatic N) is 4. The Bertz CT molecular complexity index is 1530. The van der Waals surface area contributed by atoms with Gasteiger partial charge in [-0.25, -0.2) is 14.4 Å². The summed E-state index contributed by atoms with van der Waals surface area (Å²) < 4.78 is 60.1. The highest BCUT2D eigenvalue weighted by molar-refractivity contribution is 5.96. The van der Waals surface area contributed by atoms with E-state index in [4.69, 9.17) is 4.42 Å². The number of oxazole rings is 1.